The van der Waals surface area contributed by atoms with Gasteiger partial charge in [0.1, 0.15) is 6.54 Å². The summed E-state index contributed by atoms with van der Waals surface area (Å²) in [5.41, 5.74) is 0.687. The molecule has 0 aliphatic carbocycles. The Labute approximate surface area is 160 Å². The third-order valence-electron chi connectivity index (χ3n) is 5.00. The van der Waals surface area contributed by atoms with Gasteiger partial charge in [0.25, 0.3) is 0 Å². The number of aliphatic hydroxyl groups excluding tert-OH is 1. The van der Waals surface area contributed by atoms with E-state index in [9.17, 15) is 14.7 Å². The molecular weight excluding hydrogens is 372 g/mol. The Kier molecular flexibility index (Phi) is 4.84. The number of hydrogen-bond donors (Lipinski definition) is 1. The summed E-state index contributed by atoms with van der Waals surface area (Å²) in [7, 11) is 0. The predicted molar refractivity (Wildman–Crippen MR) is 94.7 cm³/mol. The van der Waals surface area contributed by atoms with Gasteiger partial charge in [-0.1, -0.05) is 28.9 Å². The number of rotatable bonds is 5. The van der Waals surface area contributed by atoms with Crippen LogP contribution >= 0.6 is 11.6 Å². The minimum absolute atomic E-state index is 0.0222. The Morgan fingerprint density at radius 2 is 2.07 bits per heavy atom. The molecular formula is C18H19ClN4O4. The van der Waals surface area contributed by atoms with Gasteiger partial charge in [0.15, 0.2) is 5.82 Å². The van der Waals surface area contributed by atoms with E-state index in [0.717, 1.165) is 17.7 Å². The van der Waals surface area contributed by atoms with Crippen LogP contribution in [0.2, 0.25) is 5.02 Å². The maximum atomic E-state index is 12.5. The molecule has 3 heterocycles. The van der Waals surface area contributed by atoms with E-state index in [0.29, 0.717) is 29.4 Å². The molecule has 0 unspecified atom stereocenters. The minimum atomic E-state index is -0.809. The maximum Gasteiger partial charge on any atom is 0.327 e. The van der Waals surface area contributed by atoms with Crippen LogP contribution in [0.3, 0.4) is 0 Å². The number of nitrogens with zero attached hydrogens (tertiary/aromatic N) is 4. The molecule has 0 bridgehead atoms. The monoisotopic (exact) mass is 390 g/mol. The van der Waals surface area contributed by atoms with Crippen molar-refractivity contribution in [3.8, 4) is 0 Å². The molecule has 0 spiro atoms. The molecule has 0 radical (unpaired) electrons. The first-order valence-corrected chi connectivity index (χ1v) is 9.25. The van der Waals surface area contributed by atoms with Crippen LogP contribution in [0.5, 0.6) is 0 Å². The molecule has 2 atom stereocenters. The van der Waals surface area contributed by atoms with Gasteiger partial charge >= 0.3 is 6.03 Å². The molecule has 8 nitrogen and oxygen atoms in total. The second kappa shape index (κ2) is 7.28. The van der Waals surface area contributed by atoms with Gasteiger partial charge in [-0.05, 0) is 30.5 Å². The zero-order valence-electron chi connectivity index (χ0n) is 14.5. The lowest BCUT2D eigenvalue weighted by Gasteiger charge is -2.35. The molecule has 1 aromatic carbocycles. The van der Waals surface area contributed by atoms with Crippen molar-refractivity contribution < 1.29 is 19.2 Å². The molecule has 3 amide bonds. The first-order chi connectivity index (χ1) is 13.0. The zero-order chi connectivity index (χ0) is 19.0. The van der Waals surface area contributed by atoms with Crippen LogP contribution in [0.15, 0.2) is 28.8 Å². The molecule has 2 aliphatic rings. The van der Waals surface area contributed by atoms with Crippen molar-refractivity contribution in [1.29, 1.82) is 0 Å². The number of imide groups is 1. The van der Waals surface area contributed by atoms with Crippen molar-refractivity contribution in [3.63, 3.8) is 0 Å². The normalized spacial score (nSPS) is 20.9. The average Bonchev–Trinajstić information content (AvgIpc) is 3.28. The number of benzene rings is 1. The van der Waals surface area contributed by atoms with Crippen molar-refractivity contribution in [2.45, 2.75) is 44.4 Å². The van der Waals surface area contributed by atoms with E-state index in [1.54, 1.807) is 29.2 Å². The molecule has 1 aromatic heterocycles. The number of amides is 3. The summed E-state index contributed by atoms with van der Waals surface area (Å²) in [6.45, 7) is 0.626. The van der Waals surface area contributed by atoms with Crippen LogP contribution in [-0.2, 0) is 17.8 Å². The average molecular weight is 391 g/mol. The molecule has 27 heavy (non-hydrogen) atoms. The Morgan fingerprint density at radius 1 is 1.30 bits per heavy atom. The number of aliphatic hydroxyl groups is 1. The first kappa shape index (κ1) is 17.9. The molecule has 2 aromatic rings. The van der Waals surface area contributed by atoms with Gasteiger partial charge in [-0.25, -0.2) is 4.79 Å². The smallest absolute Gasteiger partial charge is 0.327 e. The van der Waals surface area contributed by atoms with Gasteiger partial charge in [0.2, 0.25) is 11.8 Å². The van der Waals surface area contributed by atoms with Gasteiger partial charge in [0.05, 0.1) is 6.10 Å². The van der Waals surface area contributed by atoms with Crippen LogP contribution < -0.4 is 0 Å². The van der Waals surface area contributed by atoms with Crippen LogP contribution in [0, 0.1) is 0 Å². The number of urea groups is 1. The number of fused-ring (bicyclic) bond motifs is 1. The van der Waals surface area contributed by atoms with E-state index in [1.807, 2.05) is 0 Å². The Bertz CT molecular complexity index is 853. The largest absolute Gasteiger partial charge is 0.388 e. The molecule has 9 heteroatoms. The fourth-order valence-electron chi connectivity index (χ4n) is 3.58. The zero-order valence-corrected chi connectivity index (χ0v) is 15.3. The van der Waals surface area contributed by atoms with E-state index in [4.69, 9.17) is 16.1 Å². The van der Waals surface area contributed by atoms with Crippen molar-refractivity contribution in [3.05, 3.63) is 46.6 Å². The lowest BCUT2D eigenvalue weighted by Crippen LogP contribution is -2.54. The standard InChI is InChI=1S/C18H19ClN4O4/c19-12-5-3-11(4-6-12)14(24)9-15-20-16(27-21-15)10-23-17(25)8-13-2-1-7-22(13)18(23)26/h3-6,13-14,24H,1-2,7-10H2/t13-,14+/m1/s1. The fourth-order valence-corrected chi connectivity index (χ4v) is 3.70. The number of halogens is 1. The minimum Gasteiger partial charge on any atom is -0.388 e. The molecule has 2 fully saturated rings. The molecule has 2 aliphatic heterocycles. The van der Waals surface area contributed by atoms with Gasteiger partial charge < -0.3 is 14.5 Å². The first-order valence-electron chi connectivity index (χ1n) is 8.87. The second-order valence-electron chi connectivity index (χ2n) is 6.83. The summed E-state index contributed by atoms with van der Waals surface area (Å²) >= 11 is 5.85. The topological polar surface area (TPSA) is 99.8 Å². The van der Waals surface area contributed by atoms with Gasteiger partial charge in [0, 0.05) is 30.5 Å². The predicted octanol–water partition coefficient (Wildman–Crippen LogP) is 2.32. The highest BCUT2D eigenvalue weighted by atomic mass is 35.5. The quantitative estimate of drug-likeness (QED) is 0.840. The van der Waals surface area contributed by atoms with Crippen LogP contribution in [0.1, 0.15) is 42.6 Å². The lowest BCUT2D eigenvalue weighted by atomic mass is 10.1. The van der Waals surface area contributed by atoms with Crippen molar-refractivity contribution in [2.24, 2.45) is 0 Å². The summed E-state index contributed by atoms with van der Waals surface area (Å²) in [6.07, 6.45) is 1.48. The highest BCUT2D eigenvalue weighted by Crippen LogP contribution is 2.28. The number of carbonyl (C=O) groups excluding carboxylic acids is 2. The van der Waals surface area contributed by atoms with Crippen molar-refractivity contribution >= 4 is 23.5 Å². The fraction of sp³-hybridized carbons (Fsp3) is 0.444. The van der Waals surface area contributed by atoms with E-state index < -0.39 is 6.10 Å². The lowest BCUT2D eigenvalue weighted by molar-refractivity contribution is -0.132. The molecule has 4 rings (SSSR count). The molecule has 2 saturated heterocycles. The van der Waals surface area contributed by atoms with E-state index in [-0.39, 0.29) is 36.8 Å². The van der Waals surface area contributed by atoms with E-state index in [1.165, 1.54) is 0 Å². The Hall–Kier alpha value is -2.45. The molecule has 142 valence electrons. The summed E-state index contributed by atoms with van der Waals surface area (Å²) in [6, 6.07) is 6.57. The highest BCUT2D eigenvalue weighted by molar-refractivity contribution is 6.30. The Balaban J connectivity index is 1.41. The van der Waals surface area contributed by atoms with E-state index >= 15 is 0 Å². The SMILES string of the molecule is O=C1C[C@H]2CCCN2C(=O)N1Cc1nc(C[C@H](O)c2ccc(Cl)cc2)no1. The molecule has 1 N–H and O–H groups in total. The van der Waals surface area contributed by atoms with Crippen molar-refractivity contribution in [1.82, 2.24) is 19.9 Å². The number of aromatic nitrogens is 2. The van der Waals surface area contributed by atoms with Crippen LogP contribution in [0.25, 0.3) is 0 Å². The summed E-state index contributed by atoms with van der Waals surface area (Å²) in [5, 5.41) is 14.7. The van der Waals surface area contributed by atoms with Gasteiger partial charge in [-0.2, -0.15) is 4.98 Å². The third-order valence-corrected chi connectivity index (χ3v) is 5.25. The highest BCUT2D eigenvalue weighted by Gasteiger charge is 2.41. The summed E-state index contributed by atoms with van der Waals surface area (Å²) in [4.78, 5) is 31.9. The van der Waals surface area contributed by atoms with E-state index in [2.05, 4.69) is 10.1 Å². The van der Waals surface area contributed by atoms with Crippen LogP contribution in [0.4, 0.5) is 4.79 Å². The summed E-state index contributed by atoms with van der Waals surface area (Å²) < 4.78 is 5.17. The third kappa shape index (κ3) is 3.68. The number of hydrogen-bond acceptors (Lipinski definition) is 6. The second-order valence-corrected chi connectivity index (χ2v) is 7.27. The van der Waals surface area contributed by atoms with Crippen molar-refractivity contribution in [2.75, 3.05) is 6.54 Å². The van der Waals surface area contributed by atoms with Gasteiger partial charge in [-0.3, -0.25) is 9.69 Å². The maximum absolute atomic E-state index is 12.5. The Morgan fingerprint density at radius 3 is 2.85 bits per heavy atom. The molecule has 0 saturated carbocycles. The number of carbonyl (C=O) groups is 2. The van der Waals surface area contributed by atoms with Gasteiger partial charge in [-0.15, -0.1) is 0 Å². The van der Waals surface area contributed by atoms with Crippen LogP contribution in [-0.4, -0.2) is 49.6 Å². The summed E-state index contributed by atoms with van der Waals surface area (Å²) in [5.74, 6) is 0.264.